The zero-order chi connectivity index (χ0) is 10.6. The Morgan fingerprint density at radius 1 is 1.71 bits per heavy atom. The van der Waals surface area contributed by atoms with Crippen LogP contribution in [0, 0.1) is 0 Å². The topological polar surface area (TPSA) is 64.4 Å². The Kier molecular flexibility index (Phi) is 3.64. The van der Waals surface area contributed by atoms with Gasteiger partial charge in [0.1, 0.15) is 11.3 Å². The molecule has 0 atom stereocenters. The number of aromatic nitrogens is 2. The summed E-state index contributed by atoms with van der Waals surface area (Å²) in [6, 6.07) is 0. The molecule has 5 heteroatoms. The lowest BCUT2D eigenvalue weighted by Gasteiger charge is -1.99. The van der Waals surface area contributed by atoms with E-state index in [0.717, 1.165) is 6.42 Å². The van der Waals surface area contributed by atoms with Gasteiger partial charge in [0.15, 0.2) is 0 Å². The minimum absolute atomic E-state index is 0.212. The van der Waals surface area contributed by atoms with Crippen molar-refractivity contribution in [2.45, 2.75) is 20.0 Å². The maximum absolute atomic E-state index is 10.8. The summed E-state index contributed by atoms with van der Waals surface area (Å²) in [5, 5.41) is 12.8. The van der Waals surface area contributed by atoms with Crippen LogP contribution in [0.1, 0.15) is 29.4 Å². The van der Waals surface area contributed by atoms with Crippen molar-refractivity contribution in [2.75, 3.05) is 6.61 Å². The van der Waals surface area contributed by atoms with Crippen molar-refractivity contribution in [3.63, 3.8) is 0 Å². The van der Waals surface area contributed by atoms with E-state index in [4.69, 9.17) is 9.84 Å². The first kappa shape index (κ1) is 10.7. The second-order valence-corrected chi connectivity index (χ2v) is 3.02. The summed E-state index contributed by atoms with van der Waals surface area (Å²) >= 11 is 0. The summed E-state index contributed by atoms with van der Waals surface area (Å²) in [5.41, 5.74) is 0.692. The first-order chi connectivity index (χ1) is 6.65. The highest BCUT2D eigenvalue weighted by molar-refractivity contribution is 5.88. The summed E-state index contributed by atoms with van der Waals surface area (Å²) in [7, 11) is 1.69. The van der Waals surface area contributed by atoms with E-state index in [1.807, 2.05) is 6.92 Å². The zero-order valence-electron chi connectivity index (χ0n) is 8.36. The van der Waals surface area contributed by atoms with Crippen LogP contribution in [0.15, 0.2) is 6.20 Å². The largest absolute Gasteiger partial charge is 0.478 e. The molecule has 0 unspecified atom stereocenters. The van der Waals surface area contributed by atoms with Gasteiger partial charge in [-0.25, -0.2) is 4.79 Å². The standard InChI is InChI=1S/C9H14N2O3/c1-3-4-14-6-8-7(9(12)13)5-11(2)10-8/h5H,3-4,6H2,1-2H3,(H,12,13). The molecule has 0 aliphatic heterocycles. The smallest absolute Gasteiger partial charge is 0.339 e. The van der Waals surface area contributed by atoms with Crippen LogP contribution in [0.5, 0.6) is 0 Å². The molecule has 1 aromatic rings. The molecule has 0 aromatic carbocycles. The fourth-order valence-corrected chi connectivity index (χ4v) is 1.13. The number of carbonyl (C=O) groups is 1. The molecule has 0 saturated heterocycles. The predicted molar refractivity (Wildman–Crippen MR) is 50.1 cm³/mol. The number of aryl methyl sites for hydroxylation is 1. The van der Waals surface area contributed by atoms with E-state index in [2.05, 4.69) is 5.10 Å². The molecule has 0 aliphatic rings. The molecular weight excluding hydrogens is 184 g/mol. The second-order valence-electron chi connectivity index (χ2n) is 3.02. The number of carboxylic acids is 1. The van der Waals surface area contributed by atoms with Crippen LogP contribution < -0.4 is 0 Å². The van der Waals surface area contributed by atoms with Gasteiger partial charge in [-0.05, 0) is 6.42 Å². The molecule has 0 amide bonds. The van der Waals surface area contributed by atoms with Crippen LogP contribution in [0.25, 0.3) is 0 Å². The maximum Gasteiger partial charge on any atom is 0.339 e. The van der Waals surface area contributed by atoms with E-state index < -0.39 is 5.97 Å². The average molecular weight is 198 g/mol. The molecule has 0 bridgehead atoms. The van der Waals surface area contributed by atoms with Crippen LogP contribution in [0.2, 0.25) is 0 Å². The summed E-state index contributed by atoms with van der Waals surface area (Å²) < 4.78 is 6.71. The number of aromatic carboxylic acids is 1. The minimum atomic E-state index is -0.965. The normalized spacial score (nSPS) is 10.4. The summed E-state index contributed by atoms with van der Waals surface area (Å²) in [5.74, 6) is -0.965. The van der Waals surface area contributed by atoms with E-state index >= 15 is 0 Å². The first-order valence-corrected chi connectivity index (χ1v) is 4.48. The Bertz CT molecular complexity index is 320. The van der Waals surface area contributed by atoms with Gasteiger partial charge < -0.3 is 9.84 Å². The molecule has 0 aliphatic carbocycles. The lowest BCUT2D eigenvalue weighted by Crippen LogP contribution is -2.02. The van der Waals surface area contributed by atoms with Crippen molar-refractivity contribution in [3.05, 3.63) is 17.5 Å². The van der Waals surface area contributed by atoms with Gasteiger partial charge in [-0.3, -0.25) is 4.68 Å². The highest BCUT2D eigenvalue weighted by atomic mass is 16.5. The van der Waals surface area contributed by atoms with Crippen LogP contribution in [0.3, 0.4) is 0 Å². The number of hydrogen-bond donors (Lipinski definition) is 1. The predicted octanol–water partition coefficient (Wildman–Crippen LogP) is 1.04. The van der Waals surface area contributed by atoms with Gasteiger partial charge >= 0.3 is 5.97 Å². The number of rotatable bonds is 5. The van der Waals surface area contributed by atoms with Crippen molar-refractivity contribution in [1.29, 1.82) is 0 Å². The minimum Gasteiger partial charge on any atom is -0.478 e. The molecule has 1 N–H and O–H groups in total. The Labute approximate surface area is 82.3 Å². The molecule has 0 fully saturated rings. The van der Waals surface area contributed by atoms with Gasteiger partial charge in [0.05, 0.1) is 6.61 Å². The van der Waals surface area contributed by atoms with E-state index in [-0.39, 0.29) is 12.2 Å². The third kappa shape index (κ3) is 2.56. The molecule has 78 valence electrons. The molecule has 5 nitrogen and oxygen atoms in total. The summed E-state index contributed by atoms with van der Waals surface area (Å²) in [4.78, 5) is 10.8. The van der Waals surface area contributed by atoms with E-state index in [1.54, 1.807) is 7.05 Å². The van der Waals surface area contributed by atoms with E-state index in [9.17, 15) is 4.79 Å². The molecule has 0 saturated carbocycles. The van der Waals surface area contributed by atoms with Crippen molar-refractivity contribution in [1.82, 2.24) is 9.78 Å². The fourth-order valence-electron chi connectivity index (χ4n) is 1.13. The molecule has 1 heterocycles. The SMILES string of the molecule is CCCOCc1nn(C)cc1C(=O)O. The van der Waals surface area contributed by atoms with Crippen molar-refractivity contribution in [2.24, 2.45) is 7.05 Å². The molecule has 1 aromatic heterocycles. The number of carboxylic acid groups (broad SMARTS) is 1. The molecule has 14 heavy (non-hydrogen) atoms. The Morgan fingerprint density at radius 3 is 3.00 bits per heavy atom. The Hall–Kier alpha value is -1.36. The van der Waals surface area contributed by atoms with Crippen LogP contribution in [-0.4, -0.2) is 27.5 Å². The van der Waals surface area contributed by atoms with Gasteiger partial charge in [-0.15, -0.1) is 0 Å². The lowest BCUT2D eigenvalue weighted by molar-refractivity contribution is 0.0687. The van der Waals surface area contributed by atoms with Crippen molar-refractivity contribution >= 4 is 5.97 Å². The van der Waals surface area contributed by atoms with Crippen LogP contribution in [0.4, 0.5) is 0 Å². The van der Waals surface area contributed by atoms with Gasteiger partial charge in [-0.2, -0.15) is 5.10 Å². The third-order valence-corrected chi connectivity index (χ3v) is 1.72. The van der Waals surface area contributed by atoms with Crippen LogP contribution in [-0.2, 0) is 18.4 Å². The van der Waals surface area contributed by atoms with Gasteiger partial charge in [0.2, 0.25) is 0 Å². The van der Waals surface area contributed by atoms with Crippen LogP contribution >= 0.6 is 0 Å². The maximum atomic E-state index is 10.8. The monoisotopic (exact) mass is 198 g/mol. The number of hydrogen-bond acceptors (Lipinski definition) is 3. The van der Waals surface area contributed by atoms with E-state index in [1.165, 1.54) is 10.9 Å². The van der Waals surface area contributed by atoms with Crippen molar-refractivity contribution < 1.29 is 14.6 Å². The quantitative estimate of drug-likeness (QED) is 0.718. The molecule has 0 spiro atoms. The summed E-state index contributed by atoms with van der Waals surface area (Å²) in [6.07, 6.45) is 2.39. The molecule has 1 rings (SSSR count). The Balaban J connectivity index is 2.69. The van der Waals surface area contributed by atoms with Gasteiger partial charge in [0.25, 0.3) is 0 Å². The lowest BCUT2D eigenvalue weighted by atomic mass is 10.2. The zero-order valence-corrected chi connectivity index (χ0v) is 8.36. The second kappa shape index (κ2) is 4.76. The fraction of sp³-hybridized carbons (Fsp3) is 0.556. The summed E-state index contributed by atoms with van der Waals surface area (Å²) in [6.45, 7) is 2.88. The van der Waals surface area contributed by atoms with Gasteiger partial charge in [-0.1, -0.05) is 6.92 Å². The third-order valence-electron chi connectivity index (χ3n) is 1.72. The highest BCUT2D eigenvalue weighted by Gasteiger charge is 2.13. The number of ether oxygens (including phenoxy) is 1. The Morgan fingerprint density at radius 2 is 2.43 bits per heavy atom. The van der Waals surface area contributed by atoms with Gasteiger partial charge in [0, 0.05) is 19.9 Å². The van der Waals surface area contributed by atoms with Crippen molar-refractivity contribution in [3.8, 4) is 0 Å². The number of nitrogens with zero attached hydrogens (tertiary/aromatic N) is 2. The molecule has 0 radical (unpaired) electrons. The average Bonchev–Trinajstić information content (AvgIpc) is 2.47. The highest BCUT2D eigenvalue weighted by Crippen LogP contribution is 2.07. The molecular formula is C9H14N2O3. The van der Waals surface area contributed by atoms with E-state index in [0.29, 0.717) is 12.3 Å². The first-order valence-electron chi connectivity index (χ1n) is 4.48.